The van der Waals surface area contributed by atoms with E-state index in [1.807, 2.05) is 26.0 Å². The number of nitrogens with zero attached hydrogens (tertiary/aromatic N) is 1. The Morgan fingerprint density at radius 3 is 2.03 bits per heavy atom. The van der Waals surface area contributed by atoms with Crippen molar-refractivity contribution >= 4 is 21.6 Å². The molecule has 3 aromatic carbocycles. The first-order chi connectivity index (χ1) is 16.2. The van der Waals surface area contributed by atoms with Crippen molar-refractivity contribution in [2.45, 2.75) is 39.8 Å². The molecule has 0 saturated heterocycles. The Labute approximate surface area is 202 Å². The summed E-state index contributed by atoms with van der Waals surface area (Å²) in [6.07, 6.45) is 2.16. The number of aryl methyl sites for hydroxylation is 1. The summed E-state index contributed by atoms with van der Waals surface area (Å²) >= 11 is 0. The first-order valence-electron chi connectivity index (χ1n) is 11.4. The average molecular weight is 481 g/mol. The number of hydrogen-bond acceptors (Lipinski definition) is 4. The van der Waals surface area contributed by atoms with Crippen LogP contribution in [-0.4, -0.2) is 27.2 Å². The lowest BCUT2D eigenvalue weighted by atomic mass is 10.0. The molecule has 3 rings (SSSR count). The molecule has 3 aromatic rings. The van der Waals surface area contributed by atoms with Gasteiger partial charge >= 0.3 is 0 Å². The molecule has 0 radical (unpaired) electrons. The summed E-state index contributed by atoms with van der Waals surface area (Å²) < 4.78 is 31.7. The van der Waals surface area contributed by atoms with Gasteiger partial charge in [-0.3, -0.25) is 9.10 Å². The van der Waals surface area contributed by atoms with Gasteiger partial charge in [0.05, 0.1) is 31.1 Å². The number of sulfonamides is 1. The third-order valence-electron chi connectivity index (χ3n) is 5.61. The Bertz CT molecular complexity index is 1190. The van der Waals surface area contributed by atoms with Gasteiger partial charge in [0.2, 0.25) is 10.0 Å². The molecule has 0 saturated carbocycles. The van der Waals surface area contributed by atoms with E-state index in [0.717, 1.165) is 17.5 Å². The number of benzene rings is 3. The normalized spacial score (nSPS) is 12.1. The number of anilines is 1. The van der Waals surface area contributed by atoms with Crippen LogP contribution in [0.2, 0.25) is 0 Å². The van der Waals surface area contributed by atoms with Crippen molar-refractivity contribution in [1.82, 2.24) is 5.32 Å². The molecule has 7 heteroatoms. The van der Waals surface area contributed by atoms with Crippen LogP contribution in [0.5, 0.6) is 5.75 Å². The van der Waals surface area contributed by atoms with Gasteiger partial charge in [0.25, 0.3) is 5.91 Å². The molecule has 1 N–H and O–H groups in total. The van der Waals surface area contributed by atoms with Crippen LogP contribution in [0.4, 0.5) is 5.69 Å². The first kappa shape index (κ1) is 25.3. The molecule has 0 aliphatic heterocycles. The standard InChI is InChI=1S/C27H32N2O4S/c1-5-21-7-11-23(12-8-21)20(3)28-27(30)24-13-9-22(10-14-24)19-29(34(4,31)32)25-15-17-26(18-16-25)33-6-2/h7-18,20H,5-6,19H2,1-4H3,(H,28,30). The predicted molar refractivity (Wildman–Crippen MR) is 137 cm³/mol. The maximum Gasteiger partial charge on any atom is 0.251 e. The summed E-state index contributed by atoms with van der Waals surface area (Å²) in [6.45, 7) is 6.66. The van der Waals surface area contributed by atoms with Crippen LogP contribution < -0.4 is 14.4 Å². The molecular formula is C27H32N2O4S. The second-order valence-electron chi connectivity index (χ2n) is 8.18. The lowest BCUT2D eigenvalue weighted by Crippen LogP contribution is -2.29. The van der Waals surface area contributed by atoms with Crippen LogP contribution in [-0.2, 0) is 23.0 Å². The zero-order valence-electron chi connectivity index (χ0n) is 20.1. The molecule has 0 heterocycles. The third kappa shape index (κ3) is 6.60. The lowest BCUT2D eigenvalue weighted by molar-refractivity contribution is 0.0940. The molecule has 1 amide bonds. The average Bonchev–Trinajstić information content (AvgIpc) is 2.83. The second kappa shape index (κ2) is 11.2. The van der Waals surface area contributed by atoms with Crippen molar-refractivity contribution in [3.8, 4) is 5.75 Å². The van der Waals surface area contributed by atoms with Crippen LogP contribution in [0.3, 0.4) is 0 Å². The van der Waals surface area contributed by atoms with E-state index in [4.69, 9.17) is 4.74 Å². The SMILES string of the molecule is CCOc1ccc(N(Cc2ccc(C(=O)NC(C)c3ccc(CC)cc3)cc2)S(C)(=O)=O)cc1. The maximum absolute atomic E-state index is 12.7. The zero-order valence-corrected chi connectivity index (χ0v) is 20.9. The van der Waals surface area contributed by atoms with Crippen molar-refractivity contribution in [3.63, 3.8) is 0 Å². The number of nitrogens with one attached hydrogen (secondary N) is 1. The predicted octanol–water partition coefficient (Wildman–Crippen LogP) is 5.10. The van der Waals surface area contributed by atoms with Crippen molar-refractivity contribution in [1.29, 1.82) is 0 Å². The van der Waals surface area contributed by atoms with E-state index in [9.17, 15) is 13.2 Å². The Morgan fingerprint density at radius 2 is 1.50 bits per heavy atom. The molecule has 6 nitrogen and oxygen atoms in total. The summed E-state index contributed by atoms with van der Waals surface area (Å²) in [5.74, 6) is 0.510. The van der Waals surface area contributed by atoms with Gasteiger partial charge < -0.3 is 10.1 Å². The van der Waals surface area contributed by atoms with Gasteiger partial charge in [0.1, 0.15) is 5.75 Å². The van der Waals surface area contributed by atoms with E-state index >= 15 is 0 Å². The van der Waals surface area contributed by atoms with Crippen molar-refractivity contribution in [2.75, 3.05) is 17.2 Å². The second-order valence-corrected chi connectivity index (χ2v) is 10.1. The fourth-order valence-electron chi connectivity index (χ4n) is 3.61. The summed E-state index contributed by atoms with van der Waals surface area (Å²) in [7, 11) is -3.51. The van der Waals surface area contributed by atoms with E-state index in [1.165, 1.54) is 16.1 Å². The molecule has 1 unspecified atom stereocenters. The van der Waals surface area contributed by atoms with Crippen LogP contribution in [0.15, 0.2) is 72.8 Å². The highest BCUT2D eigenvalue weighted by Gasteiger charge is 2.18. The molecule has 34 heavy (non-hydrogen) atoms. The van der Waals surface area contributed by atoms with E-state index in [1.54, 1.807) is 48.5 Å². The molecule has 0 bridgehead atoms. The molecule has 180 valence electrons. The minimum atomic E-state index is -3.51. The minimum absolute atomic E-state index is 0.126. The number of rotatable bonds is 10. The van der Waals surface area contributed by atoms with E-state index < -0.39 is 10.0 Å². The fourth-order valence-corrected chi connectivity index (χ4v) is 4.50. The Kier molecular flexibility index (Phi) is 8.34. The number of ether oxygens (including phenoxy) is 1. The molecular weight excluding hydrogens is 448 g/mol. The van der Waals surface area contributed by atoms with Gasteiger partial charge in [-0.2, -0.15) is 0 Å². The fraction of sp³-hybridized carbons (Fsp3) is 0.296. The Morgan fingerprint density at radius 1 is 0.912 bits per heavy atom. The number of amides is 1. The van der Waals surface area contributed by atoms with Gasteiger partial charge in [-0.1, -0.05) is 43.3 Å². The highest BCUT2D eigenvalue weighted by atomic mass is 32.2. The summed E-state index contributed by atoms with van der Waals surface area (Å²) in [5.41, 5.74) is 4.15. The molecule has 0 aromatic heterocycles. The van der Waals surface area contributed by atoms with Crippen LogP contribution in [0, 0.1) is 0 Å². The Hall–Kier alpha value is -3.32. The number of hydrogen-bond donors (Lipinski definition) is 1. The van der Waals surface area contributed by atoms with Crippen LogP contribution in [0.1, 0.15) is 53.9 Å². The molecule has 0 aliphatic carbocycles. The molecule has 1 atom stereocenters. The van der Waals surface area contributed by atoms with Gasteiger partial charge in [0, 0.05) is 5.56 Å². The number of carbonyl (C=O) groups is 1. The minimum Gasteiger partial charge on any atom is -0.494 e. The Balaban J connectivity index is 1.69. The van der Waals surface area contributed by atoms with Crippen LogP contribution >= 0.6 is 0 Å². The largest absolute Gasteiger partial charge is 0.494 e. The van der Waals surface area contributed by atoms with Crippen molar-refractivity contribution in [3.05, 3.63) is 95.1 Å². The van der Waals surface area contributed by atoms with Gasteiger partial charge in [-0.15, -0.1) is 0 Å². The summed E-state index contributed by atoms with van der Waals surface area (Å²) in [4.78, 5) is 12.7. The van der Waals surface area contributed by atoms with E-state index in [-0.39, 0.29) is 18.5 Å². The van der Waals surface area contributed by atoms with Gasteiger partial charge in [0.15, 0.2) is 0 Å². The topological polar surface area (TPSA) is 75.7 Å². The third-order valence-corrected chi connectivity index (χ3v) is 6.75. The van der Waals surface area contributed by atoms with Crippen molar-refractivity contribution < 1.29 is 17.9 Å². The number of carbonyl (C=O) groups excluding carboxylic acids is 1. The highest BCUT2D eigenvalue weighted by Crippen LogP contribution is 2.24. The highest BCUT2D eigenvalue weighted by molar-refractivity contribution is 7.92. The smallest absolute Gasteiger partial charge is 0.251 e. The summed E-state index contributed by atoms with van der Waals surface area (Å²) in [6, 6.07) is 22.0. The quantitative estimate of drug-likeness (QED) is 0.438. The van der Waals surface area contributed by atoms with Crippen LogP contribution in [0.25, 0.3) is 0 Å². The first-order valence-corrected chi connectivity index (χ1v) is 13.2. The molecule has 0 aliphatic rings. The van der Waals surface area contributed by atoms with E-state index in [2.05, 4.69) is 24.4 Å². The molecule has 0 fully saturated rings. The monoisotopic (exact) mass is 480 g/mol. The zero-order chi connectivity index (χ0) is 24.7. The van der Waals surface area contributed by atoms with Crippen molar-refractivity contribution in [2.24, 2.45) is 0 Å². The maximum atomic E-state index is 12.7. The molecule has 0 spiro atoms. The summed E-state index contributed by atoms with van der Waals surface area (Å²) in [5, 5.41) is 3.02. The van der Waals surface area contributed by atoms with Gasteiger partial charge in [-0.25, -0.2) is 8.42 Å². The van der Waals surface area contributed by atoms with Gasteiger partial charge in [-0.05, 0) is 73.4 Å². The van der Waals surface area contributed by atoms with E-state index in [0.29, 0.717) is 23.6 Å². The lowest BCUT2D eigenvalue weighted by Gasteiger charge is -2.23.